The summed E-state index contributed by atoms with van der Waals surface area (Å²) in [5.41, 5.74) is 7.14. The molecular weight excluding hydrogens is 292 g/mol. The van der Waals surface area contributed by atoms with E-state index in [1.54, 1.807) is 11.9 Å². The van der Waals surface area contributed by atoms with Crippen molar-refractivity contribution >= 4 is 11.9 Å². The maximum absolute atomic E-state index is 12.8. The van der Waals surface area contributed by atoms with Crippen molar-refractivity contribution in [1.82, 2.24) is 4.90 Å². The van der Waals surface area contributed by atoms with Crippen molar-refractivity contribution in [3.05, 3.63) is 35.9 Å². The minimum Gasteiger partial charge on any atom is -0.481 e. The molecule has 3 atom stereocenters. The van der Waals surface area contributed by atoms with E-state index < -0.39 is 11.9 Å². The monoisotopic (exact) mass is 318 g/mol. The molecule has 1 amide bonds. The smallest absolute Gasteiger partial charge is 0.304 e. The number of rotatable bonds is 6. The topological polar surface area (TPSA) is 83.6 Å². The zero-order valence-corrected chi connectivity index (χ0v) is 13.6. The lowest BCUT2D eigenvalue weighted by atomic mass is 9.88. The highest BCUT2D eigenvalue weighted by Crippen LogP contribution is 2.24. The number of carbonyl (C=O) groups excluding carboxylic acids is 1. The Morgan fingerprint density at radius 1 is 1.26 bits per heavy atom. The molecule has 0 unspecified atom stereocenters. The van der Waals surface area contributed by atoms with Crippen LogP contribution in [0.3, 0.4) is 0 Å². The molecule has 3 N–H and O–H groups in total. The number of likely N-dealkylation sites (N-methyl/N-ethyl adjacent to an activating group) is 1. The zero-order chi connectivity index (χ0) is 16.8. The van der Waals surface area contributed by atoms with E-state index in [1.165, 1.54) is 0 Å². The van der Waals surface area contributed by atoms with Crippen LogP contribution in [0.1, 0.15) is 37.7 Å². The highest BCUT2D eigenvalue weighted by molar-refractivity contribution is 5.83. The minimum absolute atomic E-state index is 0.0140. The Hall–Kier alpha value is -1.88. The van der Waals surface area contributed by atoms with Crippen LogP contribution >= 0.6 is 0 Å². The molecule has 0 aromatic heterocycles. The summed E-state index contributed by atoms with van der Waals surface area (Å²) >= 11 is 0. The number of carbonyl (C=O) groups is 2. The Kier molecular flexibility index (Phi) is 6.16. The lowest BCUT2D eigenvalue weighted by Crippen LogP contribution is -2.52. The largest absolute Gasteiger partial charge is 0.481 e. The van der Waals surface area contributed by atoms with Crippen molar-refractivity contribution in [3.63, 3.8) is 0 Å². The van der Waals surface area contributed by atoms with Gasteiger partial charge in [-0.05, 0) is 24.8 Å². The van der Waals surface area contributed by atoms with Crippen LogP contribution < -0.4 is 5.73 Å². The normalized spacial score (nSPS) is 22.3. The fourth-order valence-corrected chi connectivity index (χ4v) is 3.43. The number of nitrogens with two attached hydrogens (primary N) is 1. The molecule has 23 heavy (non-hydrogen) atoms. The van der Waals surface area contributed by atoms with E-state index in [1.807, 2.05) is 30.3 Å². The molecule has 0 radical (unpaired) electrons. The van der Waals surface area contributed by atoms with Crippen LogP contribution in [-0.2, 0) is 16.0 Å². The predicted octanol–water partition coefficient (Wildman–Crippen LogP) is 2.05. The predicted molar refractivity (Wildman–Crippen MR) is 88.9 cm³/mol. The number of hydrogen-bond donors (Lipinski definition) is 2. The Labute approximate surface area is 137 Å². The van der Waals surface area contributed by atoms with Gasteiger partial charge in [-0.3, -0.25) is 9.59 Å². The summed E-state index contributed by atoms with van der Waals surface area (Å²) in [5, 5.41) is 9.16. The molecule has 1 saturated carbocycles. The van der Waals surface area contributed by atoms with Gasteiger partial charge in [0.2, 0.25) is 5.91 Å². The summed E-state index contributed by atoms with van der Waals surface area (Å²) < 4.78 is 0. The van der Waals surface area contributed by atoms with Gasteiger partial charge < -0.3 is 15.7 Å². The number of nitrogens with zero attached hydrogens (tertiary/aromatic N) is 1. The van der Waals surface area contributed by atoms with E-state index in [-0.39, 0.29) is 24.4 Å². The third-order valence-corrected chi connectivity index (χ3v) is 4.72. The number of carboxylic acid groups (broad SMARTS) is 1. The fourth-order valence-electron chi connectivity index (χ4n) is 3.43. The van der Waals surface area contributed by atoms with Crippen LogP contribution in [0, 0.1) is 5.92 Å². The SMILES string of the molecule is CN(C(=O)[C@@H](CC(=O)O)Cc1ccccc1)[C@H]1CCCC[C@@H]1N. The number of benzene rings is 1. The molecule has 1 fully saturated rings. The van der Waals surface area contributed by atoms with Crippen LogP contribution in [0.4, 0.5) is 0 Å². The first-order valence-electron chi connectivity index (χ1n) is 8.27. The van der Waals surface area contributed by atoms with Crippen molar-refractivity contribution < 1.29 is 14.7 Å². The molecule has 1 aliphatic rings. The van der Waals surface area contributed by atoms with Crippen LogP contribution in [0.15, 0.2) is 30.3 Å². The number of amides is 1. The average Bonchev–Trinajstić information content (AvgIpc) is 2.54. The van der Waals surface area contributed by atoms with E-state index in [2.05, 4.69) is 0 Å². The van der Waals surface area contributed by atoms with Crippen molar-refractivity contribution in [1.29, 1.82) is 0 Å². The van der Waals surface area contributed by atoms with E-state index >= 15 is 0 Å². The Balaban J connectivity index is 2.10. The molecule has 0 bridgehead atoms. The Bertz CT molecular complexity index is 532. The van der Waals surface area contributed by atoms with Gasteiger partial charge in [0.05, 0.1) is 12.3 Å². The van der Waals surface area contributed by atoms with Crippen molar-refractivity contribution in [2.45, 2.75) is 50.6 Å². The number of aliphatic carboxylic acids is 1. The summed E-state index contributed by atoms with van der Waals surface area (Å²) in [7, 11) is 1.76. The van der Waals surface area contributed by atoms with Crippen molar-refractivity contribution in [2.24, 2.45) is 11.7 Å². The van der Waals surface area contributed by atoms with Gasteiger partial charge in [-0.2, -0.15) is 0 Å². The van der Waals surface area contributed by atoms with Gasteiger partial charge in [0, 0.05) is 19.1 Å². The molecule has 1 aromatic rings. The van der Waals surface area contributed by atoms with Gasteiger partial charge in [0.25, 0.3) is 0 Å². The van der Waals surface area contributed by atoms with E-state index in [4.69, 9.17) is 10.8 Å². The summed E-state index contributed by atoms with van der Waals surface area (Å²) in [4.78, 5) is 25.7. The van der Waals surface area contributed by atoms with E-state index in [9.17, 15) is 9.59 Å². The average molecular weight is 318 g/mol. The molecule has 1 aliphatic carbocycles. The Morgan fingerprint density at radius 2 is 1.91 bits per heavy atom. The second kappa shape index (κ2) is 8.11. The lowest BCUT2D eigenvalue weighted by molar-refractivity contribution is -0.145. The van der Waals surface area contributed by atoms with Gasteiger partial charge >= 0.3 is 5.97 Å². The van der Waals surface area contributed by atoms with Gasteiger partial charge in [-0.1, -0.05) is 43.2 Å². The zero-order valence-electron chi connectivity index (χ0n) is 13.6. The highest BCUT2D eigenvalue weighted by atomic mass is 16.4. The quantitative estimate of drug-likeness (QED) is 0.841. The molecular formula is C18H26N2O3. The fraction of sp³-hybridized carbons (Fsp3) is 0.556. The van der Waals surface area contributed by atoms with E-state index in [0.29, 0.717) is 6.42 Å². The highest BCUT2D eigenvalue weighted by Gasteiger charge is 2.32. The first-order valence-corrected chi connectivity index (χ1v) is 8.27. The maximum Gasteiger partial charge on any atom is 0.304 e. The molecule has 0 aliphatic heterocycles. The molecule has 0 heterocycles. The summed E-state index contributed by atoms with van der Waals surface area (Å²) in [5.74, 6) is -1.60. The molecule has 0 saturated heterocycles. The second-order valence-electron chi connectivity index (χ2n) is 6.45. The second-order valence-corrected chi connectivity index (χ2v) is 6.45. The molecule has 0 spiro atoms. The van der Waals surface area contributed by atoms with E-state index in [0.717, 1.165) is 31.2 Å². The number of hydrogen-bond acceptors (Lipinski definition) is 3. The molecule has 5 nitrogen and oxygen atoms in total. The van der Waals surface area contributed by atoms with Crippen molar-refractivity contribution in [3.8, 4) is 0 Å². The molecule has 126 valence electrons. The van der Waals surface area contributed by atoms with Gasteiger partial charge in [0.1, 0.15) is 0 Å². The van der Waals surface area contributed by atoms with Gasteiger partial charge in [-0.15, -0.1) is 0 Å². The van der Waals surface area contributed by atoms with Crippen LogP contribution in [0.5, 0.6) is 0 Å². The maximum atomic E-state index is 12.8. The summed E-state index contributed by atoms with van der Waals surface area (Å²) in [6.45, 7) is 0. The van der Waals surface area contributed by atoms with Crippen LogP contribution in [0.25, 0.3) is 0 Å². The molecule has 1 aromatic carbocycles. The summed E-state index contributed by atoms with van der Waals surface area (Å²) in [6.07, 6.45) is 4.28. The standard InChI is InChI=1S/C18H26N2O3/c1-20(16-10-6-5-9-15(16)19)18(23)14(12-17(21)22)11-13-7-3-2-4-8-13/h2-4,7-8,14-16H,5-6,9-12,19H2,1H3,(H,21,22)/t14-,15+,16+/m1/s1. The summed E-state index contributed by atoms with van der Waals surface area (Å²) in [6, 6.07) is 9.56. The van der Waals surface area contributed by atoms with Crippen LogP contribution in [-0.4, -0.2) is 41.0 Å². The van der Waals surface area contributed by atoms with Crippen molar-refractivity contribution in [2.75, 3.05) is 7.05 Å². The number of carboxylic acids is 1. The first kappa shape index (κ1) is 17.5. The third kappa shape index (κ3) is 4.79. The Morgan fingerprint density at radius 3 is 2.52 bits per heavy atom. The van der Waals surface area contributed by atoms with Gasteiger partial charge in [0.15, 0.2) is 0 Å². The lowest BCUT2D eigenvalue weighted by Gasteiger charge is -2.37. The van der Waals surface area contributed by atoms with Gasteiger partial charge in [-0.25, -0.2) is 0 Å². The van der Waals surface area contributed by atoms with Crippen LogP contribution in [0.2, 0.25) is 0 Å². The minimum atomic E-state index is -0.944. The third-order valence-electron chi connectivity index (χ3n) is 4.72. The molecule has 2 rings (SSSR count). The first-order chi connectivity index (χ1) is 11.0. The molecule has 5 heteroatoms.